The van der Waals surface area contributed by atoms with Gasteiger partial charge >= 0.3 is 0 Å². The topological polar surface area (TPSA) is 101 Å². The number of hydrogen-bond donors (Lipinski definition) is 1. The Morgan fingerprint density at radius 1 is 1.22 bits per heavy atom. The molecule has 0 saturated carbocycles. The van der Waals surface area contributed by atoms with Crippen LogP contribution in [-0.2, 0) is 21.1 Å². The van der Waals surface area contributed by atoms with Gasteiger partial charge in [-0.15, -0.1) is 0 Å². The summed E-state index contributed by atoms with van der Waals surface area (Å²) in [6.45, 7) is 5.99. The molecule has 1 aliphatic heterocycles. The second-order valence-electron chi connectivity index (χ2n) is 6.52. The molecule has 1 aromatic carbocycles. The van der Waals surface area contributed by atoms with Crippen molar-refractivity contribution in [2.24, 2.45) is 0 Å². The molecule has 9 heteroatoms. The molecule has 27 heavy (non-hydrogen) atoms. The number of aryl methyl sites for hydroxylation is 1. The van der Waals surface area contributed by atoms with E-state index in [2.05, 4.69) is 5.10 Å². The average Bonchev–Trinajstić information content (AvgIpc) is 3.01. The van der Waals surface area contributed by atoms with Gasteiger partial charge in [0.2, 0.25) is 5.78 Å². The van der Waals surface area contributed by atoms with Crippen molar-refractivity contribution in [2.75, 3.05) is 37.5 Å². The first kappa shape index (κ1) is 19.4. The Bertz CT molecular complexity index is 1030. The van der Waals surface area contributed by atoms with Crippen molar-refractivity contribution in [3.8, 4) is 0 Å². The lowest BCUT2D eigenvalue weighted by Gasteiger charge is -2.32. The van der Waals surface area contributed by atoms with E-state index in [1.807, 2.05) is 4.90 Å². The smallest absolute Gasteiger partial charge is 0.277 e. The summed E-state index contributed by atoms with van der Waals surface area (Å²) in [5.41, 5.74) is 1.04. The van der Waals surface area contributed by atoms with Crippen LogP contribution in [0.25, 0.3) is 0 Å². The number of aromatic amines is 1. The first-order valence-corrected chi connectivity index (χ1v) is 10.6. The molecular weight excluding hydrogens is 370 g/mol. The largest absolute Gasteiger partial charge is 0.378 e. The fourth-order valence-corrected chi connectivity index (χ4v) is 4.30. The highest BCUT2D eigenvalue weighted by molar-refractivity contribution is 7.90. The molecule has 2 aromatic rings. The quantitative estimate of drug-likeness (QED) is 0.760. The van der Waals surface area contributed by atoms with Gasteiger partial charge in [-0.1, -0.05) is 0 Å². The number of carbonyl (C=O) groups excluding carboxylic acids is 1. The van der Waals surface area contributed by atoms with Crippen LogP contribution in [0.3, 0.4) is 0 Å². The van der Waals surface area contributed by atoms with E-state index in [0.717, 1.165) is 6.26 Å². The number of ether oxygens (including phenoxy) is 1. The molecule has 1 fully saturated rings. The molecule has 0 aliphatic carbocycles. The minimum atomic E-state index is -3.49. The van der Waals surface area contributed by atoms with Gasteiger partial charge in [0.05, 0.1) is 23.8 Å². The molecule has 0 unspecified atom stereocenters. The number of H-pyrrole nitrogens is 1. The predicted molar refractivity (Wildman–Crippen MR) is 101 cm³/mol. The lowest BCUT2D eigenvalue weighted by Crippen LogP contribution is -2.37. The molecule has 146 valence electrons. The number of benzene rings is 1. The van der Waals surface area contributed by atoms with Gasteiger partial charge < -0.3 is 14.7 Å². The van der Waals surface area contributed by atoms with E-state index in [1.54, 1.807) is 13.8 Å². The Kier molecular flexibility index (Phi) is 5.25. The van der Waals surface area contributed by atoms with E-state index in [9.17, 15) is 18.0 Å². The molecule has 3 rings (SSSR count). The summed E-state index contributed by atoms with van der Waals surface area (Å²) in [5, 5.41) is 2.77. The zero-order chi connectivity index (χ0) is 19.8. The molecule has 1 N–H and O–H groups in total. The third-order valence-corrected chi connectivity index (χ3v) is 5.89. The number of nitrogens with one attached hydrogen (secondary N) is 1. The number of anilines is 1. The van der Waals surface area contributed by atoms with Crippen molar-refractivity contribution in [3.05, 3.63) is 45.4 Å². The van der Waals surface area contributed by atoms with E-state index in [4.69, 9.17) is 4.74 Å². The van der Waals surface area contributed by atoms with E-state index in [0.29, 0.717) is 49.7 Å². The Morgan fingerprint density at radius 2 is 1.89 bits per heavy atom. The Morgan fingerprint density at radius 3 is 2.44 bits per heavy atom. The maximum absolute atomic E-state index is 13.0. The summed E-state index contributed by atoms with van der Waals surface area (Å²) in [4.78, 5) is 27.4. The third kappa shape index (κ3) is 3.57. The number of nitrogens with zero attached hydrogens (tertiary/aromatic N) is 2. The van der Waals surface area contributed by atoms with Crippen molar-refractivity contribution in [3.63, 3.8) is 0 Å². The van der Waals surface area contributed by atoms with Crippen LogP contribution < -0.4 is 10.5 Å². The average molecular weight is 393 g/mol. The van der Waals surface area contributed by atoms with E-state index < -0.39 is 15.6 Å². The monoisotopic (exact) mass is 393 g/mol. The Balaban J connectivity index is 2.16. The van der Waals surface area contributed by atoms with E-state index in [-0.39, 0.29) is 16.0 Å². The number of hydrogen-bond acceptors (Lipinski definition) is 6. The summed E-state index contributed by atoms with van der Waals surface area (Å²) in [7, 11) is -3.49. The maximum Gasteiger partial charge on any atom is 0.277 e. The van der Waals surface area contributed by atoms with Crippen LogP contribution in [-0.4, -0.2) is 56.5 Å². The molecule has 0 bridgehead atoms. The molecule has 0 amide bonds. The van der Waals surface area contributed by atoms with Crippen LogP contribution in [0, 0.1) is 6.92 Å². The summed E-state index contributed by atoms with van der Waals surface area (Å²) in [6.07, 6.45) is 2.55. The zero-order valence-corrected chi connectivity index (χ0v) is 16.4. The molecular formula is C18H23N3O5S. The Labute approximate surface area is 157 Å². The highest BCUT2D eigenvalue weighted by Crippen LogP contribution is 2.33. The van der Waals surface area contributed by atoms with Gasteiger partial charge in [-0.25, -0.2) is 8.42 Å². The summed E-state index contributed by atoms with van der Waals surface area (Å²) in [6, 6.07) is 2.94. The van der Waals surface area contributed by atoms with Crippen molar-refractivity contribution < 1.29 is 17.9 Å². The van der Waals surface area contributed by atoms with Crippen LogP contribution in [0.1, 0.15) is 28.4 Å². The first-order valence-electron chi connectivity index (χ1n) is 8.75. The maximum atomic E-state index is 13.0. The first-order chi connectivity index (χ1) is 12.8. The van der Waals surface area contributed by atoms with Crippen molar-refractivity contribution in [1.82, 2.24) is 9.78 Å². The lowest BCUT2D eigenvalue weighted by molar-refractivity contribution is 0.103. The molecule has 1 aromatic heterocycles. The van der Waals surface area contributed by atoms with E-state index in [1.165, 1.54) is 23.0 Å². The number of rotatable bonds is 5. The van der Waals surface area contributed by atoms with Crippen molar-refractivity contribution in [1.29, 1.82) is 0 Å². The number of aromatic nitrogens is 2. The molecule has 0 spiro atoms. The van der Waals surface area contributed by atoms with Gasteiger partial charge in [-0.3, -0.25) is 14.3 Å². The second-order valence-corrected chi connectivity index (χ2v) is 8.51. The summed E-state index contributed by atoms with van der Waals surface area (Å²) >= 11 is 0. The standard InChI is InChI=1S/C18H23N3O5S/c1-4-21-18(23)14(11-19-21)17(22)13-5-6-15(27(3,24)25)16(12(13)2)20-7-9-26-10-8-20/h5-6,11,19H,4,7-10H2,1-3H3. The highest BCUT2D eigenvalue weighted by atomic mass is 32.2. The Hall–Kier alpha value is -2.39. The van der Waals surface area contributed by atoms with Gasteiger partial charge in [0.15, 0.2) is 9.84 Å². The molecule has 0 atom stereocenters. The van der Waals surface area contributed by atoms with Crippen LogP contribution >= 0.6 is 0 Å². The van der Waals surface area contributed by atoms with Crippen LogP contribution in [0.5, 0.6) is 0 Å². The van der Waals surface area contributed by atoms with Gasteiger partial charge in [0.1, 0.15) is 5.56 Å². The van der Waals surface area contributed by atoms with Gasteiger partial charge in [-0.05, 0) is 31.5 Å². The minimum Gasteiger partial charge on any atom is -0.378 e. The van der Waals surface area contributed by atoms with Crippen LogP contribution in [0.4, 0.5) is 5.69 Å². The molecule has 2 heterocycles. The van der Waals surface area contributed by atoms with Crippen LogP contribution in [0.2, 0.25) is 0 Å². The fraction of sp³-hybridized carbons (Fsp3) is 0.444. The second kappa shape index (κ2) is 7.32. The van der Waals surface area contributed by atoms with Crippen LogP contribution in [0.15, 0.2) is 28.0 Å². The molecule has 1 aliphatic rings. The lowest BCUT2D eigenvalue weighted by atomic mass is 9.98. The number of sulfone groups is 1. The van der Waals surface area contributed by atoms with Crippen molar-refractivity contribution in [2.45, 2.75) is 25.3 Å². The predicted octanol–water partition coefficient (Wildman–Crippen LogP) is 0.976. The van der Waals surface area contributed by atoms with Gasteiger partial charge in [0, 0.05) is 37.7 Å². The highest BCUT2D eigenvalue weighted by Gasteiger charge is 2.27. The summed E-state index contributed by atoms with van der Waals surface area (Å²) in [5.74, 6) is -0.421. The van der Waals surface area contributed by atoms with E-state index >= 15 is 0 Å². The van der Waals surface area contributed by atoms with Gasteiger partial charge in [0.25, 0.3) is 5.56 Å². The summed E-state index contributed by atoms with van der Waals surface area (Å²) < 4.78 is 31.3. The molecule has 0 radical (unpaired) electrons. The minimum absolute atomic E-state index is 0.0417. The normalized spacial score (nSPS) is 15.1. The fourth-order valence-electron chi connectivity index (χ4n) is 3.35. The van der Waals surface area contributed by atoms with Crippen molar-refractivity contribution >= 4 is 21.3 Å². The van der Waals surface area contributed by atoms with Gasteiger partial charge in [-0.2, -0.15) is 0 Å². The number of carbonyl (C=O) groups is 1. The molecule has 1 saturated heterocycles. The number of ketones is 1. The third-order valence-electron chi connectivity index (χ3n) is 4.77. The molecule has 8 nitrogen and oxygen atoms in total. The zero-order valence-electron chi connectivity index (χ0n) is 15.6. The SMILES string of the molecule is CCn1[nH]cc(C(=O)c2ccc(S(C)(=O)=O)c(N3CCOCC3)c2C)c1=O. The number of morpholine rings is 1.